The summed E-state index contributed by atoms with van der Waals surface area (Å²) in [5.74, 6) is -3.68. The van der Waals surface area contributed by atoms with Gasteiger partial charge < -0.3 is 10.2 Å². The van der Waals surface area contributed by atoms with E-state index in [1.54, 1.807) is 12.1 Å². The van der Waals surface area contributed by atoms with Gasteiger partial charge in [0.05, 0.1) is 0 Å². The average molecular weight is 292 g/mol. The number of nitrogens with zero attached hydrogens (tertiary/aromatic N) is 1. The first-order valence-electron chi connectivity index (χ1n) is 6.29. The van der Waals surface area contributed by atoms with Crippen molar-refractivity contribution in [2.45, 2.75) is 12.5 Å². The van der Waals surface area contributed by atoms with E-state index in [0.717, 1.165) is 12.1 Å². The van der Waals surface area contributed by atoms with Crippen molar-refractivity contribution in [3.63, 3.8) is 0 Å². The molecule has 0 amide bonds. The highest BCUT2D eigenvalue weighted by Gasteiger charge is 2.17. The minimum absolute atomic E-state index is 0.147. The number of hydrogen-bond acceptors (Lipinski definition) is 3. The van der Waals surface area contributed by atoms with E-state index in [9.17, 15) is 13.2 Å². The molecular weight excluding hydrogens is 281 g/mol. The van der Waals surface area contributed by atoms with Gasteiger partial charge >= 0.3 is 0 Å². The monoisotopic (exact) mass is 292 g/mol. The summed E-state index contributed by atoms with van der Waals surface area (Å²) in [5, 5.41) is 0. The first kappa shape index (κ1) is 13.6. The molecule has 108 valence electrons. The zero-order valence-electron chi connectivity index (χ0n) is 10.8. The van der Waals surface area contributed by atoms with Crippen LogP contribution in [-0.2, 0) is 6.42 Å². The zero-order valence-corrected chi connectivity index (χ0v) is 10.8. The molecule has 0 bridgehead atoms. The van der Waals surface area contributed by atoms with Crippen LogP contribution in [0.4, 0.5) is 13.2 Å². The lowest BCUT2D eigenvalue weighted by atomic mass is 10.0. The molecule has 0 aliphatic rings. The molecule has 3 rings (SSSR count). The topological polar surface area (TPSA) is 52.0 Å². The van der Waals surface area contributed by atoms with Crippen LogP contribution in [0, 0.1) is 17.5 Å². The van der Waals surface area contributed by atoms with Gasteiger partial charge in [0, 0.05) is 12.5 Å². The van der Waals surface area contributed by atoms with Crippen molar-refractivity contribution in [3.05, 3.63) is 65.3 Å². The Hall–Kier alpha value is -2.34. The normalized spacial score (nSPS) is 12.8. The fourth-order valence-electron chi connectivity index (χ4n) is 2.10. The molecule has 0 radical (unpaired) electrons. The molecule has 1 unspecified atom stereocenters. The minimum Gasteiger partial charge on any atom is -0.441 e. The van der Waals surface area contributed by atoms with Crippen molar-refractivity contribution >= 4 is 11.1 Å². The Morgan fingerprint density at radius 2 is 1.76 bits per heavy atom. The smallest absolute Gasteiger partial charge is 0.197 e. The van der Waals surface area contributed by atoms with Crippen LogP contribution >= 0.6 is 0 Å². The van der Waals surface area contributed by atoms with E-state index in [0.29, 0.717) is 17.0 Å². The van der Waals surface area contributed by atoms with Gasteiger partial charge in [0.1, 0.15) is 5.52 Å². The fraction of sp³-hybridized carbons (Fsp3) is 0.133. The zero-order chi connectivity index (χ0) is 15.0. The third kappa shape index (κ3) is 2.62. The molecule has 1 aromatic heterocycles. The Kier molecular flexibility index (Phi) is 3.39. The number of fused-ring (bicyclic) bond motifs is 1. The van der Waals surface area contributed by atoms with Crippen molar-refractivity contribution in [2.24, 2.45) is 5.73 Å². The number of nitrogens with two attached hydrogens (primary N) is 1. The summed E-state index contributed by atoms with van der Waals surface area (Å²) in [6, 6.07) is 8.18. The Labute approximate surface area is 118 Å². The standard InChI is InChI=1S/C15H11F3N2O/c16-9-5-8(6-10(17)15(9)18)11(19)7-14-20-12-3-1-2-4-13(12)21-14/h1-6,11H,7,19H2. The molecule has 6 heteroatoms. The number of rotatable bonds is 3. The highest BCUT2D eigenvalue weighted by atomic mass is 19.2. The summed E-state index contributed by atoms with van der Waals surface area (Å²) in [4.78, 5) is 4.23. The van der Waals surface area contributed by atoms with Gasteiger partial charge in [-0.05, 0) is 29.8 Å². The van der Waals surface area contributed by atoms with Gasteiger partial charge in [0.15, 0.2) is 28.9 Å². The Morgan fingerprint density at radius 1 is 1.10 bits per heavy atom. The van der Waals surface area contributed by atoms with Gasteiger partial charge in [-0.15, -0.1) is 0 Å². The van der Waals surface area contributed by atoms with Crippen molar-refractivity contribution in [2.75, 3.05) is 0 Å². The Bertz CT molecular complexity index is 744. The third-order valence-electron chi connectivity index (χ3n) is 3.17. The first-order chi connectivity index (χ1) is 10.0. The van der Waals surface area contributed by atoms with Crippen molar-refractivity contribution in [1.29, 1.82) is 0 Å². The van der Waals surface area contributed by atoms with Gasteiger partial charge in [0.25, 0.3) is 0 Å². The molecule has 21 heavy (non-hydrogen) atoms. The molecule has 0 aliphatic carbocycles. The van der Waals surface area contributed by atoms with E-state index in [1.807, 2.05) is 12.1 Å². The molecule has 2 aromatic carbocycles. The third-order valence-corrected chi connectivity index (χ3v) is 3.17. The minimum atomic E-state index is -1.51. The summed E-state index contributed by atoms with van der Waals surface area (Å²) < 4.78 is 44.8. The van der Waals surface area contributed by atoms with Gasteiger partial charge in [-0.25, -0.2) is 18.2 Å². The van der Waals surface area contributed by atoms with Gasteiger partial charge in [-0.3, -0.25) is 0 Å². The first-order valence-corrected chi connectivity index (χ1v) is 6.29. The van der Waals surface area contributed by atoms with Crippen LogP contribution < -0.4 is 5.73 Å². The number of para-hydroxylation sites is 2. The molecule has 0 aliphatic heterocycles. The molecule has 3 nitrogen and oxygen atoms in total. The predicted molar refractivity (Wildman–Crippen MR) is 71.0 cm³/mol. The second-order valence-electron chi connectivity index (χ2n) is 4.68. The second-order valence-corrected chi connectivity index (χ2v) is 4.68. The van der Waals surface area contributed by atoms with Crippen molar-refractivity contribution in [1.82, 2.24) is 4.98 Å². The summed E-state index contributed by atoms with van der Waals surface area (Å²) in [6.45, 7) is 0. The maximum absolute atomic E-state index is 13.2. The highest BCUT2D eigenvalue weighted by Crippen LogP contribution is 2.22. The largest absolute Gasteiger partial charge is 0.441 e. The van der Waals surface area contributed by atoms with E-state index >= 15 is 0 Å². The highest BCUT2D eigenvalue weighted by molar-refractivity contribution is 5.72. The van der Waals surface area contributed by atoms with Crippen molar-refractivity contribution in [3.8, 4) is 0 Å². The predicted octanol–water partition coefficient (Wildman–Crippen LogP) is 3.49. The van der Waals surface area contributed by atoms with E-state index in [4.69, 9.17) is 10.2 Å². The Morgan fingerprint density at radius 3 is 2.43 bits per heavy atom. The van der Waals surface area contributed by atoms with E-state index in [-0.39, 0.29) is 12.0 Å². The van der Waals surface area contributed by atoms with Crippen LogP contribution in [0.5, 0.6) is 0 Å². The lowest BCUT2D eigenvalue weighted by Gasteiger charge is -2.10. The van der Waals surface area contributed by atoms with Crippen LogP contribution in [0.3, 0.4) is 0 Å². The van der Waals surface area contributed by atoms with Crippen LogP contribution in [-0.4, -0.2) is 4.98 Å². The SMILES string of the molecule is NC(Cc1nc2ccccc2o1)c1cc(F)c(F)c(F)c1. The van der Waals surface area contributed by atoms with E-state index in [1.165, 1.54) is 0 Å². The van der Waals surface area contributed by atoms with Crippen LogP contribution in [0.25, 0.3) is 11.1 Å². The fourth-order valence-corrected chi connectivity index (χ4v) is 2.10. The van der Waals surface area contributed by atoms with Crippen LogP contribution in [0.2, 0.25) is 0 Å². The maximum atomic E-state index is 13.2. The Balaban J connectivity index is 1.87. The summed E-state index contributed by atoms with van der Waals surface area (Å²) >= 11 is 0. The van der Waals surface area contributed by atoms with Gasteiger partial charge in [-0.1, -0.05) is 12.1 Å². The van der Waals surface area contributed by atoms with Crippen LogP contribution in [0.15, 0.2) is 40.8 Å². The van der Waals surface area contributed by atoms with Crippen LogP contribution in [0.1, 0.15) is 17.5 Å². The molecule has 0 fully saturated rings. The van der Waals surface area contributed by atoms with Crippen molar-refractivity contribution < 1.29 is 17.6 Å². The molecule has 0 saturated carbocycles. The second kappa shape index (κ2) is 5.21. The van der Waals surface area contributed by atoms with Gasteiger partial charge in [0.2, 0.25) is 0 Å². The quantitative estimate of drug-likeness (QED) is 0.752. The van der Waals surface area contributed by atoms with E-state index in [2.05, 4.69) is 4.98 Å². The molecule has 0 spiro atoms. The molecule has 1 atom stereocenters. The lowest BCUT2D eigenvalue weighted by Crippen LogP contribution is -2.14. The molecule has 1 heterocycles. The summed E-state index contributed by atoms with van der Waals surface area (Å²) in [7, 11) is 0. The number of hydrogen-bond donors (Lipinski definition) is 1. The maximum Gasteiger partial charge on any atom is 0.197 e. The van der Waals surface area contributed by atoms with E-state index < -0.39 is 23.5 Å². The van der Waals surface area contributed by atoms with Gasteiger partial charge in [-0.2, -0.15) is 0 Å². The molecule has 3 aromatic rings. The molecule has 0 saturated heterocycles. The summed E-state index contributed by atoms with van der Waals surface area (Å²) in [6.07, 6.45) is 0.152. The molecule has 2 N–H and O–H groups in total. The number of benzene rings is 2. The average Bonchev–Trinajstić information content (AvgIpc) is 2.86. The number of oxazole rings is 1. The lowest BCUT2D eigenvalue weighted by molar-refractivity contribution is 0.441. The number of halogens is 3. The number of aromatic nitrogens is 1. The summed E-state index contributed by atoms with van der Waals surface area (Å²) in [5.41, 5.74) is 7.31. The molecular formula is C15H11F3N2O.